The van der Waals surface area contributed by atoms with Gasteiger partial charge < -0.3 is 20.9 Å². The molecule has 1 saturated heterocycles. The number of hydrogen-bond donors (Lipinski definition) is 3. The Labute approximate surface area is 173 Å². The molecule has 1 fully saturated rings. The van der Waals surface area contributed by atoms with Gasteiger partial charge in [0.05, 0.1) is 17.7 Å². The zero-order valence-corrected chi connectivity index (χ0v) is 16.8. The molecule has 0 saturated carbocycles. The minimum Gasteiger partial charge on any atom is -0.369 e. The lowest BCUT2D eigenvalue weighted by molar-refractivity contribution is -0.118. The molecule has 1 aliphatic rings. The highest BCUT2D eigenvalue weighted by Crippen LogP contribution is 2.26. The third-order valence-electron chi connectivity index (χ3n) is 5.17. The van der Waals surface area contributed by atoms with E-state index in [1.807, 2.05) is 29.2 Å². The van der Waals surface area contributed by atoms with Gasteiger partial charge in [-0.05, 0) is 11.6 Å². The summed E-state index contributed by atoms with van der Waals surface area (Å²) >= 11 is 0. The highest BCUT2D eigenvalue weighted by molar-refractivity contribution is 6.06. The molecule has 30 heavy (non-hydrogen) atoms. The van der Waals surface area contributed by atoms with Crippen molar-refractivity contribution in [1.82, 2.24) is 25.6 Å². The van der Waals surface area contributed by atoms with Gasteiger partial charge in [-0.15, -0.1) is 0 Å². The van der Waals surface area contributed by atoms with E-state index in [9.17, 15) is 9.59 Å². The van der Waals surface area contributed by atoms with Gasteiger partial charge in [-0.1, -0.05) is 25.1 Å². The van der Waals surface area contributed by atoms with Gasteiger partial charge in [-0.25, -0.2) is 9.97 Å². The van der Waals surface area contributed by atoms with E-state index in [4.69, 9.17) is 0 Å². The number of para-hydroxylation sites is 1. The molecule has 2 amide bonds. The maximum absolute atomic E-state index is 12.2. The third-order valence-corrected chi connectivity index (χ3v) is 5.17. The average molecular weight is 405 g/mol. The maximum atomic E-state index is 12.2. The number of carbonyl (C=O) groups excluding carboxylic acids is 2. The molecule has 0 radical (unpaired) electrons. The second-order valence-electron chi connectivity index (χ2n) is 7.18. The van der Waals surface area contributed by atoms with Crippen LogP contribution in [0.5, 0.6) is 0 Å². The Hall–Kier alpha value is -3.75. The van der Waals surface area contributed by atoms with Crippen molar-refractivity contribution >= 4 is 34.4 Å². The number of hydrogen-bond acceptors (Lipinski definition) is 7. The fourth-order valence-electron chi connectivity index (χ4n) is 3.54. The summed E-state index contributed by atoms with van der Waals surface area (Å²) in [5, 5.41) is 9.61. The van der Waals surface area contributed by atoms with Crippen molar-refractivity contribution < 1.29 is 9.59 Å². The van der Waals surface area contributed by atoms with E-state index >= 15 is 0 Å². The zero-order chi connectivity index (χ0) is 21.1. The number of carbonyl (C=O) groups is 2. The van der Waals surface area contributed by atoms with E-state index in [1.54, 1.807) is 19.3 Å². The van der Waals surface area contributed by atoms with Crippen LogP contribution in [-0.4, -0.2) is 53.6 Å². The molecule has 0 aliphatic carbocycles. The van der Waals surface area contributed by atoms with E-state index in [0.717, 1.165) is 16.5 Å². The van der Waals surface area contributed by atoms with Gasteiger partial charge in [-0.3, -0.25) is 14.6 Å². The molecule has 1 atom stereocenters. The maximum Gasteiger partial charge on any atom is 0.251 e. The highest BCUT2D eigenvalue weighted by Gasteiger charge is 2.20. The zero-order valence-electron chi connectivity index (χ0n) is 16.8. The number of aromatic nitrogens is 3. The fraction of sp³-hybridized carbons (Fsp3) is 0.286. The van der Waals surface area contributed by atoms with Gasteiger partial charge >= 0.3 is 0 Å². The largest absolute Gasteiger partial charge is 0.369 e. The first-order valence-electron chi connectivity index (χ1n) is 9.74. The lowest BCUT2D eigenvalue weighted by Crippen LogP contribution is -2.22. The van der Waals surface area contributed by atoms with Crippen LogP contribution in [0.15, 0.2) is 42.9 Å². The summed E-state index contributed by atoms with van der Waals surface area (Å²) in [5.74, 6) is 1.35. The van der Waals surface area contributed by atoms with Crippen molar-refractivity contribution in [2.24, 2.45) is 0 Å². The van der Waals surface area contributed by atoms with Crippen LogP contribution in [0.4, 0.5) is 11.6 Å². The first-order valence-corrected chi connectivity index (χ1v) is 9.74. The van der Waals surface area contributed by atoms with Crippen LogP contribution in [0, 0.1) is 0 Å². The lowest BCUT2D eigenvalue weighted by atomic mass is 9.96. The van der Waals surface area contributed by atoms with Crippen molar-refractivity contribution in [2.45, 2.75) is 12.8 Å². The number of amides is 2. The molecule has 0 bridgehead atoms. The van der Waals surface area contributed by atoms with Crippen LogP contribution in [0.3, 0.4) is 0 Å². The molecule has 4 rings (SSSR count). The van der Waals surface area contributed by atoms with Crippen molar-refractivity contribution in [1.29, 1.82) is 0 Å². The van der Waals surface area contributed by atoms with Crippen molar-refractivity contribution in [3.05, 3.63) is 54.0 Å². The van der Waals surface area contributed by atoms with E-state index in [-0.39, 0.29) is 17.7 Å². The summed E-state index contributed by atoms with van der Waals surface area (Å²) in [5.41, 5.74) is 2.48. The summed E-state index contributed by atoms with van der Waals surface area (Å²) in [6, 6.07) is 9.45. The minimum absolute atomic E-state index is 0.0173. The normalized spacial score (nSPS) is 14.5. The molecular weight excluding hydrogens is 382 g/mol. The smallest absolute Gasteiger partial charge is 0.251 e. The quantitative estimate of drug-likeness (QED) is 0.570. The Morgan fingerprint density at radius 3 is 2.90 bits per heavy atom. The molecule has 154 valence electrons. The van der Waals surface area contributed by atoms with E-state index in [0.29, 0.717) is 37.0 Å². The minimum atomic E-state index is -0.131. The summed E-state index contributed by atoms with van der Waals surface area (Å²) in [6.07, 6.45) is 3.15. The predicted octanol–water partition coefficient (Wildman–Crippen LogP) is 1.49. The Balaban J connectivity index is 1.52. The third kappa shape index (κ3) is 3.86. The van der Waals surface area contributed by atoms with Crippen molar-refractivity contribution in [2.75, 3.05) is 37.0 Å². The number of nitrogens with zero attached hydrogens (tertiary/aromatic N) is 4. The van der Waals surface area contributed by atoms with Crippen LogP contribution in [0.2, 0.25) is 0 Å². The van der Waals surface area contributed by atoms with Gasteiger partial charge in [0.2, 0.25) is 5.91 Å². The molecule has 3 aromatic rings. The van der Waals surface area contributed by atoms with Crippen LogP contribution in [0.1, 0.15) is 28.8 Å². The number of benzene rings is 1. The molecule has 2 aromatic heterocycles. The first kappa shape index (κ1) is 19.6. The summed E-state index contributed by atoms with van der Waals surface area (Å²) in [4.78, 5) is 38.5. The molecule has 9 heteroatoms. The summed E-state index contributed by atoms with van der Waals surface area (Å²) < 4.78 is 0. The Morgan fingerprint density at radius 1 is 1.27 bits per heavy atom. The van der Waals surface area contributed by atoms with Gasteiger partial charge in [0.25, 0.3) is 5.91 Å². The average Bonchev–Trinajstić information content (AvgIpc) is 3.22. The molecule has 3 heterocycles. The topological polar surface area (TPSA) is 112 Å². The van der Waals surface area contributed by atoms with Crippen LogP contribution in [0.25, 0.3) is 10.9 Å². The Morgan fingerprint density at radius 2 is 2.13 bits per heavy atom. The van der Waals surface area contributed by atoms with E-state index in [1.165, 1.54) is 6.33 Å². The van der Waals surface area contributed by atoms with E-state index < -0.39 is 0 Å². The molecule has 1 aliphatic heterocycles. The number of fused-ring (bicyclic) bond motifs is 1. The predicted molar refractivity (Wildman–Crippen MR) is 114 cm³/mol. The van der Waals surface area contributed by atoms with Gasteiger partial charge in [-0.2, -0.15) is 0 Å². The monoisotopic (exact) mass is 405 g/mol. The molecule has 0 spiro atoms. The molecule has 1 aromatic carbocycles. The Kier molecular flexibility index (Phi) is 5.42. The Bertz CT molecular complexity index is 1100. The van der Waals surface area contributed by atoms with E-state index in [2.05, 4.69) is 37.8 Å². The molecule has 9 nitrogen and oxygen atoms in total. The number of rotatable bonds is 6. The number of anilines is 2. The molecule has 3 N–H and O–H groups in total. The second kappa shape index (κ2) is 8.32. The number of nitrogens with one attached hydrogen (secondary N) is 3. The van der Waals surface area contributed by atoms with Crippen LogP contribution >= 0.6 is 0 Å². The van der Waals surface area contributed by atoms with Crippen molar-refractivity contribution in [3.63, 3.8) is 0 Å². The lowest BCUT2D eigenvalue weighted by Gasteiger charge is -2.18. The highest BCUT2D eigenvalue weighted by atomic mass is 16.2. The second-order valence-corrected chi connectivity index (χ2v) is 7.18. The summed E-state index contributed by atoms with van der Waals surface area (Å²) in [7, 11) is 1.62. The standard InChI is InChI=1S/C21H23N7O2/c1-13(9-24-17-8-18(26-11-25-17)28-10-19(29)27-12-28)14-4-3-5-15-16(21(30)22-2)6-7-23-20(14)15/h3-8,11,13H,9-10,12H2,1-2H3,(H,22,30)(H,27,29)(H,24,25,26)/t13-/m1/s1. The van der Waals surface area contributed by atoms with Crippen LogP contribution < -0.4 is 20.9 Å². The molecule has 0 unspecified atom stereocenters. The SMILES string of the molecule is CNC(=O)c1ccnc2c([C@H](C)CNc3cc(N4CNC(=O)C4)ncn3)cccc12. The van der Waals surface area contributed by atoms with Crippen LogP contribution in [-0.2, 0) is 4.79 Å². The fourth-order valence-corrected chi connectivity index (χ4v) is 3.54. The van der Waals surface area contributed by atoms with Gasteiger partial charge in [0, 0.05) is 37.2 Å². The number of pyridine rings is 1. The summed E-state index contributed by atoms with van der Waals surface area (Å²) in [6.45, 7) is 3.46. The van der Waals surface area contributed by atoms with Crippen molar-refractivity contribution in [3.8, 4) is 0 Å². The molecular formula is C21H23N7O2. The van der Waals surface area contributed by atoms with Gasteiger partial charge in [0.15, 0.2) is 0 Å². The first-order chi connectivity index (χ1) is 14.6. The van der Waals surface area contributed by atoms with Gasteiger partial charge in [0.1, 0.15) is 24.5 Å².